The number of benzene rings is 1. The third kappa shape index (κ3) is 3.24. The van der Waals surface area contributed by atoms with Crippen LogP contribution in [0.15, 0.2) is 52.0 Å². The van der Waals surface area contributed by atoms with Gasteiger partial charge in [0.05, 0.1) is 17.2 Å². The van der Waals surface area contributed by atoms with Crippen LogP contribution in [0.5, 0.6) is 0 Å². The summed E-state index contributed by atoms with van der Waals surface area (Å²) >= 11 is 0. The van der Waals surface area contributed by atoms with E-state index in [1.807, 2.05) is 13.8 Å². The van der Waals surface area contributed by atoms with E-state index in [1.54, 1.807) is 36.4 Å². The summed E-state index contributed by atoms with van der Waals surface area (Å²) in [6, 6.07) is 9.94. The summed E-state index contributed by atoms with van der Waals surface area (Å²) in [5, 5.41) is 0. The Balaban J connectivity index is 2.23. The zero-order valence-electron chi connectivity index (χ0n) is 11.0. The smallest absolute Gasteiger partial charge is 0.241 e. The first kappa shape index (κ1) is 13.8. The van der Waals surface area contributed by atoms with Crippen molar-refractivity contribution in [2.45, 2.75) is 31.2 Å². The van der Waals surface area contributed by atoms with Gasteiger partial charge in [-0.3, -0.25) is 0 Å². The maximum absolute atomic E-state index is 12.3. The van der Waals surface area contributed by atoms with Gasteiger partial charge in [0.25, 0.3) is 0 Å². The van der Waals surface area contributed by atoms with Crippen molar-refractivity contribution >= 4 is 10.0 Å². The molecule has 1 aromatic heterocycles. The van der Waals surface area contributed by atoms with Crippen LogP contribution in [0.25, 0.3) is 0 Å². The van der Waals surface area contributed by atoms with E-state index >= 15 is 0 Å². The Morgan fingerprint density at radius 3 is 2.42 bits per heavy atom. The topological polar surface area (TPSA) is 59.3 Å². The molecule has 0 spiro atoms. The van der Waals surface area contributed by atoms with Crippen molar-refractivity contribution in [3.63, 3.8) is 0 Å². The zero-order valence-corrected chi connectivity index (χ0v) is 11.8. The third-order valence-corrected chi connectivity index (χ3v) is 4.41. The lowest BCUT2D eigenvalue weighted by molar-refractivity contribution is 0.437. The lowest BCUT2D eigenvalue weighted by atomic mass is 10.2. The molecule has 19 heavy (non-hydrogen) atoms. The second-order valence-corrected chi connectivity index (χ2v) is 6.12. The van der Waals surface area contributed by atoms with Crippen molar-refractivity contribution in [3.05, 3.63) is 54.0 Å². The van der Waals surface area contributed by atoms with E-state index < -0.39 is 10.0 Å². The molecule has 5 heteroatoms. The largest absolute Gasteiger partial charge is 0.468 e. The van der Waals surface area contributed by atoms with E-state index in [-0.39, 0.29) is 10.9 Å². The molecule has 2 aromatic rings. The van der Waals surface area contributed by atoms with Gasteiger partial charge >= 0.3 is 0 Å². The number of hydrogen-bond acceptors (Lipinski definition) is 3. The molecule has 2 rings (SSSR count). The monoisotopic (exact) mass is 279 g/mol. The number of aryl methyl sites for hydroxylation is 1. The lowest BCUT2D eigenvalue weighted by Gasteiger charge is -2.15. The lowest BCUT2D eigenvalue weighted by Crippen LogP contribution is -2.28. The Bertz CT molecular complexity index is 615. The van der Waals surface area contributed by atoms with Gasteiger partial charge in [0.1, 0.15) is 5.76 Å². The molecular weight excluding hydrogens is 262 g/mol. The number of rotatable bonds is 5. The number of hydrogen-bond donors (Lipinski definition) is 1. The van der Waals surface area contributed by atoms with Crippen molar-refractivity contribution in [1.29, 1.82) is 0 Å². The fourth-order valence-electron chi connectivity index (χ4n) is 1.80. The highest BCUT2D eigenvalue weighted by Crippen LogP contribution is 2.20. The van der Waals surface area contributed by atoms with Gasteiger partial charge in [-0.2, -0.15) is 0 Å². The molecule has 0 aliphatic carbocycles. The minimum absolute atomic E-state index is 0.267. The van der Waals surface area contributed by atoms with Gasteiger partial charge in [0.15, 0.2) is 0 Å². The van der Waals surface area contributed by atoms with Crippen LogP contribution >= 0.6 is 0 Å². The molecule has 0 bridgehead atoms. The summed E-state index contributed by atoms with van der Waals surface area (Å²) in [5.74, 6) is 0.623. The van der Waals surface area contributed by atoms with E-state index in [9.17, 15) is 8.42 Å². The average molecular weight is 279 g/mol. The minimum atomic E-state index is -3.52. The van der Waals surface area contributed by atoms with E-state index in [2.05, 4.69) is 4.72 Å². The van der Waals surface area contributed by atoms with Crippen LogP contribution in [0.3, 0.4) is 0 Å². The highest BCUT2D eigenvalue weighted by Gasteiger charge is 2.21. The van der Waals surface area contributed by atoms with Crippen LogP contribution in [-0.4, -0.2) is 8.42 Å². The van der Waals surface area contributed by atoms with Crippen LogP contribution in [0.4, 0.5) is 0 Å². The quantitative estimate of drug-likeness (QED) is 0.915. The van der Waals surface area contributed by atoms with Gasteiger partial charge in [-0.25, -0.2) is 13.1 Å². The molecular formula is C14H17NO3S. The second-order valence-electron chi connectivity index (χ2n) is 4.41. The van der Waals surface area contributed by atoms with Gasteiger partial charge in [-0.05, 0) is 37.6 Å². The Labute approximate surface area is 113 Å². The third-order valence-electron chi connectivity index (χ3n) is 2.92. The van der Waals surface area contributed by atoms with Crippen LogP contribution in [-0.2, 0) is 10.0 Å². The molecule has 0 unspecified atom stereocenters. The van der Waals surface area contributed by atoms with Gasteiger partial charge < -0.3 is 4.42 Å². The molecule has 0 saturated heterocycles. The first-order chi connectivity index (χ1) is 9.03. The summed E-state index contributed by atoms with van der Waals surface area (Å²) in [7, 11) is -3.52. The molecule has 102 valence electrons. The number of sulfonamides is 1. The predicted molar refractivity (Wildman–Crippen MR) is 73.2 cm³/mol. The fraction of sp³-hybridized carbons (Fsp3) is 0.286. The van der Waals surface area contributed by atoms with E-state index in [0.29, 0.717) is 12.2 Å². The van der Waals surface area contributed by atoms with Crippen molar-refractivity contribution in [2.24, 2.45) is 0 Å². The van der Waals surface area contributed by atoms with Crippen molar-refractivity contribution in [2.75, 3.05) is 0 Å². The molecule has 4 nitrogen and oxygen atoms in total. The number of nitrogens with one attached hydrogen (secondary N) is 1. The molecule has 0 fully saturated rings. The minimum Gasteiger partial charge on any atom is -0.468 e. The molecule has 1 aromatic carbocycles. The molecule has 1 N–H and O–H groups in total. The summed E-state index contributed by atoms with van der Waals surface area (Å²) in [6.07, 6.45) is 2.16. The summed E-state index contributed by atoms with van der Waals surface area (Å²) in [6.45, 7) is 3.83. The maximum Gasteiger partial charge on any atom is 0.241 e. The van der Waals surface area contributed by atoms with Gasteiger partial charge in [0.2, 0.25) is 10.0 Å². The van der Waals surface area contributed by atoms with Crippen LogP contribution in [0.2, 0.25) is 0 Å². The van der Waals surface area contributed by atoms with Gasteiger partial charge in [0, 0.05) is 0 Å². The highest BCUT2D eigenvalue weighted by molar-refractivity contribution is 7.89. The predicted octanol–water partition coefficient (Wildman–Crippen LogP) is 3.02. The average Bonchev–Trinajstić information content (AvgIpc) is 2.90. The molecule has 0 aliphatic rings. The standard InChI is InChI=1S/C14H17NO3S/c1-3-13(14-5-4-10-18-14)15-19(16,17)12-8-6-11(2)7-9-12/h4-10,13,15H,3H2,1-2H3/t13-/m0/s1. The van der Waals surface area contributed by atoms with E-state index in [4.69, 9.17) is 4.42 Å². The molecule has 0 radical (unpaired) electrons. The number of furan rings is 1. The van der Waals surface area contributed by atoms with Crippen LogP contribution in [0, 0.1) is 6.92 Å². The zero-order chi connectivity index (χ0) is 13.9. The molecule has 0 saturated carbocycles. The molecule has 0 amide bonds. The molecule has 1 atom stereocenters. The Morgan fingerprint density at radius 2 is 1.89 bits per heavy atom. The SMILES string of the molecule is CC[C@H](NS(=O)(=O)c1ccc(C)cc1)c1ccco1. The summed E-state index contributed by atoms with van der Waals surface area (Å²) in [5.41, 5.74) is 1.03. The highest BCUT2D eigenvalue weighted by atomic mass is 32.2. The fourth-order valence-corrected chi connectivity index (χ4v) is 3.09. The van der Waals surface area contributed by atoms with E-state index in [1.165, 1.54) is 6.26 Å². The van der Waals surface area contributed by atoms with Gasteiger partial charge in [-0.15, -0.1) is 0 Å². The first-order valence-electron chi connectivity index (χ1n) is 6.15. The Morgan fingerprint density at radius 1 is 1.21 bits per heavy atom. The van der Waals surface area contributed by atoms with Crippen molar-refractivity contribution in [3.8, 4) is 0 Å². The molecule has 1 heterocycles. The van der Waals surface area contributed by atoms with Gasteiger partial charge in [-0.1, -0.05) is 24.6 Å². The van der Waals surface area contributed by atoms with Crippen molar-refractivity contribution in [1.82, 2.24) is 4.72 Å². The Kier molecular flexibility index (Phi) is 4.07. The maximum atomic E-state index is 12.3. The first-order valence-corrected chi connectivity index (χ1v) is 7.63. The Hall–Kier alpha value is -1.59. The second kappa shape index (κ2) is 5.59. The summed E-state index contributed by atoms with van der Waals surface area (Å²) < 4.78 is 32.4. The summed E-state index contributed by atoms with van der Waals surface area (Å²) in [4.78, 5) is 0.267. The van der Waals surface area contributed by atoms with Crippen LogP contribution < -0.4 is 4.72 Å². The van der Waals surface area contributed by atoms with Crippen LogP contribution in [0.1, 0.15) is 30.7 Å². The van der Waals surface area contributed by atoms with Crippen molar-refractivity contribution < 1.29 is 12.8 Å². The normalized spacial score (nSPS) is 13.4. The molecule has 0 aliphatic heterocycles. The van der Waals surface area contributed by atoms with E-state index in [0.717, 1.165) is 5.56 Å².